The summed E-state index contributed by atoms with van der Waals surface area (Å²) in [6.45, 7) is 4.57. The molecule has 0 aromatic heterocycles. The van der Waals surface area contributed by atoms with Gasteiger partial charge in [-0.2, -0.15) is 5.26 Å². The molecule has 0 aliphatic heterocycles. The molecule has 1 heteroatoms. The number of nitriles is 1. The van der Waals surface area contributed by atoms with E-state index in [0.29, 0.717) is 0 Å². The van der Waals surface area contributed by atoms with Crippen LogP contribution in [-0.2, 0) is 0 Å². The number of rotatable bonds is 7. The molecular formula is C24H41N. The van der Waals surface area contributed by atoms with Gasteiger partial charge in [0.05, 0.1) is 11.5 Å². The maximum absolute atomic E-state index is 9.80. The molecule has 0 aromatic rings. The summed E-state index contributed by atoms with van der Waals surface area (Å²) >= 11 is 0. The number of nitrogens with zero attached hydrogens (tertiary/aromatic N) is 1. The smallest absolute Gasteiger partial charge is 0.0689 e. The van der Waals surface area contributed by atoms with Crippen molar-refractivity contribution in [3.05, 3.63) is 0 Å². The van der Waals surface area contributed by atoms with Crippen LogP contribution in [0.4, 0.5) is 0 Å². The van der Waals surface area contributed by atoms with Gasteiger partial charge in [-0.25, -0.2) is 0 Å². The number of fused-ring (bicyclic) bond motifs is 3. The van der Waals surface area contributed by atoms with Crippen molar-refractivity contribution >= 4 is 0 Å². The molecule has 3 rings (SSSR count). The highest BCUT2D eigenvalue weighted by molar-refractivity contribution is 5.06. The third-order valence-electron chi connectivity index (χ3n) is 8.25. The minimum absolute atomic E-state index is 0.0409. The summed E-state index contributed by atoms with van der Waals surface area (Å²) in [6.07, 6.45) is 20.8. The molecule has 6 unspecified atom stereocenters. The first-order valence-corrected chi connectivity index (χ1v) is 11.6. The zero-order chi connectivity index (χ0) is 17.7. The minimum atomic E-state index is 0.0409. The van der Waals surface area contributed by atoms with E-state index < -0.39 is 0 Å². The van der Waals surface area contributed by atoms with Crippen LogP contribution in [0.2, 0.25) is 0 Å². The Balaban J connectivity index is 1.52. The highest BCUT2D eigenvalue weighted by Crippen LogP contribution is 2.57. The van der Waals surface area contributed by atoms with E-state index in [1.807, 2.05) is 0 Å². The Labute approximate surface area is 157 Å². The summed E-state index contributed by atoms with van der Waals surface area (Å²) < 4.78 is 0. The molecule has 1 nitrogen and oxygen atoms in total. The Morgan fingerprint density at radius 3 is 2.44 bits per heavy atom. The van der Waals surface area contributed by atoms with Crippen molar-refractivity contribution in [1.82, 2.24) is 0 Å². The summed E-state index contributed by atoms with van der Waals surface area (Å²) in [6, 6.07) is 2.76. The van der Waals surface area contributed by atoms with Crippen LogP contribution in [0.25, 0.3) is 0 Å². The molecule has 3 saturated carbocycles. The quantitative estimate of drug-likeness (QED) is 0.439. The lowest BCUT2D eigenvalue weighted by Gasteiger charge is -2.52. The lowest BCUT2D eigenvalue weighted by molar-refractivity contribution is -0.0178. The molecule has 0 spiro atoms. The zero-order valence-corrected chi connectivity index (χ0v) is 16.9. The van der Waals surface area contributed by atoms with E-state index in [1.165, 1.54) is 83.5 Å². The Morgan fingerprint density at radius 2 is 1.68 bits per heavy atom. The van der Waals surface area contributed by atoms with E-state index in [4.69, 9.17) is 0 Å². The fraction of sp³-hybridized carbons (Fsp3) is 0.958. The summed E-state index contributed by atoms with van der Waals surface area (Å²) in [7, 11) is 0. The molecule has 0 N–H and O–H groups in total. The van der Waals surface area contributed by atoms with E-state index in [9.17, 15) is 5.26 Å². The molecule has 142 valence electrons. The second kappa shape index (κ2) is 8.92. The lowest BCUT2D eigenvalue weighted by Crippen LogP contribution is -2.44. The molecule has 0 aromatic carbocycles. The van der Waals surface area contributed by atoms with Crippen molar-refractivity contribution in [2.75, 3.05) is 0 Å². The van der Waals surface area contributed by atoms with Gasteiger partial charge in [-0.15, -0.1) is 0 Å². The molecule has 0 bridgehead atoms. The van der Waals surface area contributed by atoms with Gasteiger partial charge in [-0.05, 0) is 81.0 Å². The molecule has 25 heavy (non-hydrogen) atoms. The lowest BCUT2D eigenvalue weighted by atomic mass is 9.52. The Bertz CT molecular complexity index is 450. The normalized spacial score (nSPS) is 40.8. The van der Waals surface area contributed by atoms with Crippen molar-refractivity contribution in [3.63, 3.8) is 0 Å². The Morgan fingerprint density at radius 1 is 0.880 bits per heavy atom. The average Bonchev–Trinajstić information content (AvgIpc) is 2.65. The van der Waals surface area contributed by atoms with Crippen LogP contribution in [0, 0.1) is 46.3 Å². The van der Waals surface area contributed by atoms with E-state index >= 15 is 0 Å². The van der Waals surface area contributed by atoms with Crippen LogP contribution in [0.15, 0.2) is 0 Å². The van der Waals surface area contributed by atoms with Crippen LogP contribution in [0.3, 0.4) is 0 Å². The molecule has 3 aliphatic rings. The van der Waals surface area contributed by atoms with Crippen LogP contribution in [-0.4, -0.2) is 0 Å². The van der Waals surface area contributed by atoms with Crippen molar-refractivity contribution in [3.8, 4) is 6.07 Å². The second-order valence-electron chi connectivity index (χ2n) is 9.84. The van der Waals surface area contributed by atoms with Gasteiger partial charge in [-0.3, -0.25) is 0 Å². The van der Waals surface area contributed by atoms with Gasteiger partial charge in [0.15, 0.2) is 0 Å². The predicted molar refractivity (Wildman–Crippen MR) is 106 cm³/mol. The third kappa shape index (κ3) is 4.43. The fourth-order valence-corrected chi connectivity index (χ4v) is 7.01. The molecule has 6 atom stereocenters. The maximum atomic E-state index is 9.80. The van der Waals surface area contributed by atoms with E-state index in [-0.39, 0.29) is 5.41 Å². The molecule has 0 radical (unpaired) electrons. The summed E-state index contributed by atoms with van der Waals surface area (Å²) in [4.78, 5) is 0. The largest absolute Gasteiger partial charge is 0.198 e. The van der Waals surface area contributed by atoms with Gasteiger partial charge in [0.25, 0.3) is 0 Å². The first-order valence-electron chi connectivity index (χ1n) is 11.6. The summed E-state index contributed by atoms with van der Waals surface area (Å²) in [5, 5.41) is 9.80. The standard InChI is InChI=1S/C24H41N/c1-3-5-6-7-8-19-9-12-22-20(16-19)10-11-21-17-24(18-25,14-4-2)15-13-23(21)22/h19-23H,3-17H2,1-2H3. The Kier molecular flexibility index (Phi) is 6.87. The molecule has 0 saturated heterocycles. The van der Waals surface area contributed by atoms with Crippen LogP contribution in [0.5, 0.6) is 0 Å². The highest BCUT2D eigenvalue weighted by Gasteiger charge is 2.48. The number of unbranched alkanes of at least 4 members (excludes halogenated alkanes) is 3. The average molecular weight is 344 g/mol. The van der Waals surface area contributed by atoms with Crippen molar-refractivity contribution in [1.29, 1.82) is 5.26 Å². The molecular weight excluding hydrogens is 302 g/mol. The predicted octanol–water partition coefficient (Wildman–Crippen LogP) is 7.51. The van der Waals surface area contributed by atoms with Gasteiger partial charge in [-0.1, -0.05) is 58.8 Å². The van der Waals surface area contributed by atoms with Crippen molar-refractivity contribution in [2.45, 2.75) is 110 Å². The van der Waals surface area contributed by atoms with E-state index in [1.54, 1.807) is 6.42 Å². The van der Waals surface area contributed by atoms with Gasteiger partial charge >= 0.3 is 0 Å². The Hall–Kier alpha value is -0.510. The van der Waals surface area contributed by atoms with Gasteiger partial charge in [0, 0.05) is 0 Å². The first-order chi connectivity index (χ1) is 12.2. The van der Waals surface area contributed by atoms with E-state index in [0.717, 1.165) is 36.0 Å². The van der Waals surface area contributed by atoms with Crippen LogP contribution < -0.4 is 0 Å². The van der Waals surface area contributed by atoms with Crippen LogP contribution in [0.1, 0.15) is 110 Å². The molecule has 0 heterocycles. The number of hydrogen-bond acceptors (Lipinski definition) is 1. The maximum Gasteiger partial charge on any atom is 0.0689 e. The van der Waals surface area contributed by atoms with Gasteiger partial charge in [0.2, 0.25) is 0 Å². The van der Waals surface area contributed by atoms with Gasteiger partial charge < -0.3 is 0 Å². The molecule has 0 amide bonds. The molecule has 3 fully saturated rings. The fourth-order valence-electron chi connectivity index (χ4n) is 7.01. The van der Waals surface area contributed by atoms with E-state index in [2.05, 4.69) is 19.9 Å². The summed E-state index contributed by atoms with van der Waals surface area (Å²) in [5.41, 5.74) is 0.0409. The topological polar surface area (TPSA) is 23.8 Å². The summed E-state index contributed by atoms with van der Waals surface area (Å²) in [5.74, 6) is 4.94. The SMILES string of the molecule is CCCCCCC1CCC2C(CCC3CC(C#N)(CCC)CCC32)C1. The molecule has 3 aliphatic carbocycles. The zero-order valence-electron chi connectivity index (χ0n) is 16.9. The monoisotopic (exact) mass is 343 g/mol. The first kappa shape index (κ1) is 19.3. The highest BCUT2D eigenvalue weighted by atomic mass is 14.5. The van der Waals surface area contributed by atoms with Crippen molar-refractivity contribution in [2.24, 2.45) is 35.0 Å². The number of hydrogen-bond donors (Lipinski definition) is 0. The van der Waals surface area contributed by atoms with Crippen LogP contribution >= 0.6 is 0 Å². The minimum Gasteiger partial charge on any atom is -0.198 e. The van der Waals surface area contributed by atoms with Gasteiger partial charge in [0.1, 0.15) is 0 Å². The third-order valence-corrected chi connectivity index (χ3v) is 8.25. The van der Waals surface area contributed by atoms with Crippen molar-refractivity contribution < 1.29 is 0 Å². The second-order valence-corrected chi connectivity index (χ2v) is 9.84.